The first-order valence-electron chi connectivity index (χ1n) is 14.3. The highest BCUT2D eigenvalue weighted by molar-refractivity contribution is 9.09. The van der Waals surface area contributed by atoms with Gasteiger partial charge in [0, 0.05) is 31.9 Å². The number of carbonyl (C=O) groups excluding carboxylic acids is 1. The zero-order chi connectivity index (χ0) is 31.2. The molecule has 234 valence electrons. The van der Waals surface area contributed by atoms with Gasteiger partial charge in [-0.05, 0) is 51.5 Å². The maximum absolute atomic E-state index is 13.0. The number of oxazole rings is 1. The molecule has 1 saturated heterocycles. The molecule has 11 heteroatoms. The smallest absolute Gasteiger partial charge is 0.335 e. The molecule has 1 aromatic heterocycles. The third-order valence-corrected chi connectivity index (χ3v) is 9.61. The van der Waals surface area contributed by atoms with E-state index in [2.05, 4.69) is 27.8 Å². The van der Waals surface area contributed by atoms with E-state index in [9.17, 15) is 24.9 Å². The first-order chi connectivity index (χ1) is 19.7. The van der Waals surface area contributed by atoms with E-state index in [1.54, 1.807) is 44.6 Å². The van der Waals surface area contributed by atoms with E-state index in [4.69, 9.17) is 18.6 Å². The number of ether oxygens (including phenoxy) is 3. The Kier molecular flexibility index (Phi) is 11.8. The van der Waals surface area contributed by atoms with Gasteiger partial charge in [0.2, 0.25) is 0 Å². The molecule has 2 bridgehead atoms. The maximum Gasteiger partial charge on any atom is 0.335 e. The molecular formula is C31H44BrNO9. The molecule has 3 heterocycles. The van der Waals surface area contributed by atoms with Gasteiger partial charge in [-0.15, -0.1) is 0 Å². The average molecular weight is 655 g/mol. The summed E-state index contributed by atoms with van der Waals surface area (Å²) in [6.07, 6.45) is 9.38. The van der Waals surface area contributed by atoms with Crippen molar-refractivity contribution in [3.05, 3.63) is 48.2 Å². The maximum atomic E-state index is 13.0. The van der Waals surface area contributed by atoms with Crippen LogP contribution in [0.25, 0.3) is 5.57 Å². The quantitative estimate of drug-likeness (QED) is 0.225. The number of aliphatic hydroxyl groups is 2. The Morgan fingerprint density at radius 2 is 2.02 bits per heavy atom. The number of halogens is 1. The van der Waals surface area contributed by atoms with Crippen molar-refractivity contribution in [2.75, 3.05) is 7.11 Å². The molecule has 0 amide bonds. The van der Waals surface area contributed by atoms with Crippen molar-refractivity contribution >= 4 is 33.4 Å². The van der Waals surface area contributed by atoms with Crippen LogP contribution in [0.2, 0.25) is 0 Å². The van der Waals surface area contributed by atoms with Crippen LogP contribution in [0.4, 0.5) is 0 Å². The van der Waals surface area contributed by atoms with E-state index in [1.807, 2.05) is 13.8 Å². The van der Waals surface area contributed by atoms with Gasteiger partial charge in [-0.25, -0.2) is 14.6 Å². The molecule has 3 rings (SSSR count). The summed E-state index contributed by atoms with van der Waals surface area (Å²) >= 11 is 3.73. The van der Waals surface area contributed by atoms with E-state index >= 15 is 0 Å². The number of aromatic nitrogens is 1. The minimum absolute atomic E-state index is 0.0685. The van der Waals surface area contributed by atoms with Gasteiger partial charge >= 0.3 is 11.9 Å². The van der Waals surface area contributed by atoms with Crippen molar-refractivity contribution in [2.24, 2.45) is 11.8 Å². The summed E-state index contributed by atoms with van der Waals surface area (Å²) in [5.74, 6) is -1.43. The number of esters is 1. The van der Waals surface area contributed by atoms with E-state index in [-0.39, 0.29) is 18.3 Å². The summed E-state index contributed by atoms with van der Waals surface area (Å²) in [5, 5.41) is 29.9. The van der Waals surface area contributed by atoms with E-state index in [0.717, 1.165) is 12.0 Å². The molecule has 0 spiro atoms. The predicted octanol–water partition coefficient (Wildman–Crippen LogP) is 4.62. The third kappa shape index (κ3) is 8.63. The number of carboxylic acids is 1. The van der Waals surface area contributed by atoms with Crippen LogP contribution in [-0.4, -0.2) is 79.8 Å². The minimum Gasteiger partial charge on any atom is -0.479 e. The normalized spacial score (nSPS) is 36.6. The molecule has 1 unspecified atom stereocenters. The molecule has 2 aliphatic heterocycles. The molecular weight excluding hydrogens is 610 g/mol. The van der Waals surface area contributed by atoms with Gasteiger partial charge in [-0.1, -0.05) is 54.1 Å². The second kappa shape index (κ2) is 14.4. The van der Waals surface area contributed by atoms with Crippen LogP contribution < -0.4 is 0 Å². The number of hydrogen-bond acceptors (Lipinski definition) is 9. The lowest BCUT2D eigenvalue weighted by Crippen LogP contribution is -2.42. The minimum atomic E-state index is -1.88. The number of fused-ring (bicyclic) bond motifs is 3. The Balaban J connectivity index is 1.88. The standard InChI is InChI=1S/C31H44BrNO9/c1-18-9-11-24-33-21(17-40-24)20(3)16-22(34)19(2)10-12-25(35)41-27-26(23(15-18)39-6)42-31(5,28(27)32)14-8-7-13-30(4,38)29(36)37/h7-8,10,12,16-19,22-23,26-28,34,38H,9,11,13-15H2,1-6H3,(H,36,37)/b8-7-,12-10+,20-16+/t18?,19-,22-,23-,26+,27+,28-,30-,31+/m0/s1. The van der Waals surface area contributed by atoms with Gasteiger partial charge in [0.15, 0.2) is 11.5 Å². The summed E-state index contributed by atoms with van der Waals surface area (Å²) in [4.78, 5) is 28.4. The zero-order valence-electron chi connectivity index (χ0n) is 25.2. The number of carbonyl (C=O) groups is 2. The van der Waals surface area contributed by atoms with Crippen LogP contribution >= 0.6 is 15.9 Å². The lowest BCUT2D eigenvalue weighted by molar-refractivity contribution is -0.156. The Hall–Kier alpha value is -2.31. The van der Waals surface area contributed by atoms with E-state index in [0.29, 0.717) is 30.8 Å². The summed E-state index contributed by atoms with van der Waals surface area (Å²) in [7, 11) is 1.61. The lowest BCUT2D eigenvalue weighted by Gasteiger charge is -2.29. The lowest BCUT2D eigenvalue weighted by atomic mass is 9.91. The molecule has 0 aromatic carbocycles. The number of rotatable bonds is 6. The number of hydrogen-bond donors (Lipinski definition) is 3. The molecule has 42 heavy (non-hydrogen) atoms. The number of aliphatic hydroxyl groups excluding tert-OH is 1. The van der Waals surface area contributed by atoms with Gasteiger partial charge in [0.05, 0.1) is 22.6 Å². The molecule has 9 atom stereocenters. The molecule has 0 aliphatic carbocycles. The number of aliphatic carboxylic acids is 1. The van der Waals surface area contributed by atoms with E-state index in [1.165, 1.54) is 13.0 Å². The van der Waals surface area contributed by atoms with Crippen LogP contribution in [0.3, 0.4) is 0 Å². The summed E-state index contributed by atoms with van der Waals surface area (Å²) in [5.41, 5.74) is -1.27. The number of nitrogens with zero attached hydrogens (tertiary/aromatic N) is 1. The van der Waals surface area contributed by atoms with Gasteiger partial charge in [-0.2, -0.15) is 0 Å². The monoisotopic (exact) mass is 653 g/mol. The molecule has 0 saturated carbocycles. The van der Waals surface area contributed by atoms with E-state index < -0.39 is 52.4 Å². The van der Waals surface area contributed by atoms with Crippen molar-refractivity contribution < 1.29 is 43.5 Å². The SMILES string of the molecule is CO[C@H]1CC(C)CCc2nc(co2)/C(C)=C/[C@H](O)[C@@H](C)/C=C/C(=O)O[C@@H]2[C@@H]1O[C@](C)(C/C=C\C[C@](C)(O)C(=O)O)[C@H]2Br. The highest BCUT2D eigenvalue weighted by Gasteiger charge is 2.55. The third-order valence-electron chi connectivity index (χ3n) is 8.12. The second-order valence-electron chi connectivity index (χ2n) is 12.0. The van der Waals surface area contributed by atoms with Crippen molar-refractivity contribution in [2.45, 2.75) is 107 Å². The number of aryl methyl sites for hydroxylation is 1. The Bertz CT molecular complexity index is 1170. The summed E-state index contributed by atoms with van der Waals surface area (Å²) in [6, 6.07) is 0. The topological polar surface area (TPSA) is 149 Å². The second-order valence-corrected chi connectivity index (χ2v) is 13.0. The van der Waals surface area contributed by atoms with Gasteiger partial charge in [0.25, 0.3) is 0 Å². The van der Waals surface area contributed by atoms with Crippen molar-refractivity contribution in [3.8, 4) is 0 Å². The molecule has 1 fully saturated rings. The molecule has 3 N–H and O–H groups in total. The number of methoxy groups -OCH3 is 1. The van der Waals surface area contributed by atoms with Gasteiger partial charge < -0.3 is 33.9 Å². The van der Waals surface area contributed by atoms with Gasteiger partial charge in [-0.3, -0.25) is 0 Å². The van der Waals surface area contributed by atoms with Crippen molar-refractivity contribution in [1.29, 1.82) is 0 Å². The Morgan fingerprint density at radius 1 is 1.31 bits per heavy atom. The highest BCUT2D eigenvalue weighted by atomic mass is 79.9. The fraction of sp³-hybridized carbons (Fsp3) is 0.645. The first kappa shape index (κ1) is 34.2. The number of carboxylic acid groups (broad SMARTS) is 1. The first-order valence-corrected chi connectivity index (χ1v) is 15.2. The van der Waals surface area contributed by atoms with Crippen molar-refractivity contribution in [1.82, 2.24) is 4.98 Å². The molecule has 2 aliphatic rings. The van der Waals surface area contributed by atoms with Crippen LogP contribution in [0, 0.1) is 11.8 Å². The molecule has 1 aromatic rings. The fourth-order valence-electron chi connectivity index (χ4n) is 5.12. The Morgan fingerprint density at radius 3 is 2.69 bits per heavy atom. The largest absolute Gasteiger partial charge is 0.479 e. The number of alkyl halides is 1. The van der Waals surface area contributed by atoms with Crippen LogP contribution in [0.1, 0.15) is 71.9 Å². The molecule has 10 nitrogen and oxygen atoms in total. The summed E-state index contributed by atoms with van der Waals surface area (Å²) in [6.45, 7) is 8.90. The van der Waals surface area contributed by atoms with Gasteiger partial charge in [0.1, 0.15) is 24.2 Å². The van der Waals surface area contributed by atoms with Crippen LogP contribution in [0.15, 0.2) is 41.1 Å². The average Bonchev–Trinajstić information content (AvgIpc) is 3.50. The zero-order valence-corrected chi connectivity index (χ0v) is 26.7. The van der Waals surface area contributed by atoms with Crippen molar-refractivity contribution in [3.63, 3.8) is 0 Å². The fourth-order valence-corrected chi connectivity index (χ4v) is 5.82. The highest BCUT2D eigenvalue weighted by Crippen LogP contribution is 2.43. The Labute approximate surface area is 255 Å². The summed E-state index contributed by atoms with van der Waals surface area (Å²) < 4.78 is 24.2. The predicted molar refractivity (Wildman–Crippen MR) is 160 cm³/mol. The van der Waals surface area contributed by atoms with Crippen LogP contribution in [-0.2, 0) is 30.2 Å². The van der Waals surface area contributed by atoms with Crippen LogP contribution in [0.5, 0.6) is 0 Å². The number of allylic oxidation sites excluding steroid dienone is 1. The molecule has 0 radical (unpaired) electrons.